The highest BCUT2D eigenvalue weighted by molar-refractivity contribution is 6.30. The van der Waals surface area contributed by atoms with Crippen LogP contribution in [0.2, 0.25) is 5.02 Å². The van der Waals surface area contributed by atoms with Crippen molar-refractivity contribution in [1.29, 1.82) is 0 Å². The van der Waals surface area contributed by atoms with Gasteiger partial charge in [0, 0.05) is 11.6 Å². The number of nitrogens with one attached hydrogen (secondary N) is 1. The Morgan fingerprint density at radius 2 is 2.33 bits per heavy atom. The molecule has 78 valence electrons. The monoisotopic (exact) mass is 222 g/mol. The van der Waals surface area contributed by atoms with Gasteiger partial charge in [-0.2, -0.15) is 5.10 Å². The van der Waals surface area contributed by atoms with Crippen LogP contribution in [0.25, 0.3) is 5.69 Å². The van der Waals surface area contributed by atoms with Crippen molar-refractivity contribution in [3.8, 4) is 5.69 Å². The van der Waals surface area contributed by atoms with Gasteiger partial charge in [0.25, 0.3) is 0 Å². The van der Waals surface area contributed by atoms with Gasteiger partial charge in [0.05, 0.1) is 5.69 Å². The van der Waals surface area contributed by atoms with Gasteiger partial charge in [-0.05, 0) is 24.7 Å². The molecule has 0 radical (unpaired) electrons. The van der Waals surface area contributed by atoms with E-state index >= 15 is 0 Å². The van der Waals surface area contributed by atoms with Crippen molar-refractivity contribution in [2.75, 3.05) is 7.05 Å². The summed E-state index contributed by atoms with van der Waals surface area (Å²) in [6.45, 7) is 0.770. The van der Waals surface area contributed by atoms with Gasteiger partial charge < -0.3 is 5.32 Å². The van der Waals surface area contributed by atoms with Gasteiger partial charge in [-0.25, -0.2) is 9.67 Å². The third kappa shape index (κ3) is 2.16. The zero-order valence-electron chi connectivity index (χ0n) is 8.31. The zero-order chi connectivity index (χ0) is 10.7. The lowest BCUT2D eigenvalue weighted by atomic mass is 10.2. The van der Waals surface area contributed by atoms with Crippen LogP contribution in [-0.4, -0.2) is 21.8 Å². The molecule has 0 aliphatic carbocycles. The number of hydrogen-bond acceptors (Lipinski definition) is 3. The summed E-state index contributed by atoms with van der Waals surface area (Å²) < 4.78 is 1.71. The maximum absolute atomic E-state index is 5.95. The summed E-state index contributed by atoms with van der Waals surface area (Å²) in [5.74, 6) is 0. The van der Waals surface area contributed by atoms with Crippen molar-refractivity contribution in [2.24, 2.45) is 0 Å². The van der Waals surface area contributed by atoms with E-state index < -0.39 is 0 Å². The molecular weight excluding hydrogens is 212 g/mol. The van der Waals surface area contributed by atoms with Crippen LogP contribution in [0.1, 0.15) is 5.56 Å². The Hall–Kier alpha value is -1.39. The molecule has 15 heavy (non-hydrogen) atoms. The molecule has 5 heteroatoms. The van der Waals surface area contributed by atoms with Crippen LogP contribution in [0.15, 0.2) is 30.9 Å². The smallest absolute Gasteiger partial charge is 0.138 e. The molecular formula is C10H11ClN4. The highest BCUT2D eigenvalue weighted by Crippen LogP contribution is 2.18. The second-order valence-electron chi connectivity index (χ2n) is 3.14. The first-order valence-corrected chi connectivity index (χ1v) is 4.97. The molecule has 0 aliphatic rings. The summed E-state index contributed by atoms with van der Waals surface area (Å²) in [4.78, 5) is 3.92. The summed E-state index contributed by atoms with van der Waals surface area (Å²) in [5.41, 5.74) is 2.08. The second-order valence-corrected chi connectivity index (χ2v) is 3.58. The molecule has 0 amide bonds. The van der Waals surface area contributed by atoms with Gasteiger partial charge in [-0.3, -0.25) is 0 Å². The van der Waals surface area contributed by atoms with Crippen LogP contribution in [0.3, 0.4) is 0 Å². The molecule has 0 atom stereocenters. The summed E-state index contributed by atoms with van der Waals surface area (Å²) >= 11 is 5.95. The number of nitrogens with zero attached hydrogens (tertiary/aromatic N) is 3. The minimum absolute atomic E-state index is 0.695. The van der Waals surface area contributed by atoms with E-state index in [9.17, 15) is 0 Å². The van der Waals surface area contributed by atoms with Gasteiger partial charge in [-0.1, -0.05) is 17.7 Å². The Morgan fingerprint density at radius 1 is 1.47 bits per heavy atom. The third-order valence-electron chi connectivity index (χ3n) is 2.08. The van der Waals surface area contributed by atoms with Crippen LogP contribution in [0.5, 0.6) is 0 Å². The molecule has 4 nitrogen and oxygen atoms in total. The zero-order valence-corrected chi connectivity index (χ0v) is 9.07. The maximum atomic E-state index is 5.95. The lowest BCUT2D eigenvalue weighted by Gasteiger charge is -2.08. The van der Waals surface area contributed by atoms with Crippen molar-refractivity contribution in [2.45, 2.75) is 6.54 Å². The molecule has 1 aromatic heterocycles. The number of aromatic nitrogens is 3. The molecule has 0 unspecified atom stereocenters. The molecule has 1 aromatic carbocycles. The third-order valence-corrected chi connectivity index (χ3v) is 2.32. The van der Waals surface area contributed by atoms with Crippen LogP contribution in [-0.2, 0) is 6.54 Å². The SMILES string of the molecule is CNCc1ccc(Cl)cc1-n1cncn1. The Bertz CT molecular complexity index is 439. The van der Waals surface area contributed by atoms with E-state index in [2.05, 4.69) is 15.4 Å². The standard InChI is InChI=1S/C10H11ClN4/c1-12-5-8-2-3-9(11)4-10(8)15-7-13-6-14-15/h2-4,6-7,12H,5H2,1H3. The van der Waals surface area contributed by atoms with E-state index in [1.54, 1.807) is 11.0 Å². The quantitative estimate of drug-likeness (QED) is 0.859. The van der Waals surface area contributed by atoms with Gasteiger partial charge in [0.2, 0.25) is 0 Å². The largest absolute Gasteiger partial charge is 0.316 e. The Labute approximate surface area is 92.9 Å². The normalized spacial score (nSPS) is 10.5. The average molecular weight is 223 g/mol. The molecule has 0 saturated carbocycles. The van der Waals surface area contributed by atoms with E-state index in [1.165, 1.54) is 6.33 Å². The summed E-state index contributed by atoms with van der Waals surface area (Å²) in [5, 5.41) is 7.89. The van der Waals surface area contributed by atoms with Gasteiger partial charge in [-0.15, -0.1) is 0 Å². The van der Waals surface area contributed by atoms with Crippen molar-refractivity contribution in [3.63, 3.8) is 0 Å². The van der Waals surface area contributed by atoms with Gasteiger partial charge in [0.15, 0.2) is 0 Å². The number of hydrogen-bond donors (Lipinski definition) is 1. The molecule has 0 bridgehead atoms. The first kappa shape index (κ1) is 10.1. The maximum Gasteiger partial charge on any atom is 0.138 e. The van der Waals surface area contributed by atoms with Crippen LogP contribution < -0.4 is 5.32 Å². The fraction of sp³-hybridized carbons (Fsp3) is 0.200. The highest BCUT2D eigenvalue weighted by atomic mass is 35.5. The van der Waals surface area contributed by atoms with Crippen LogP contribution in [0.4, 0.5) is 0 Å². The molecule has 2 aromatic rings. The predicted molar refractivity (Wildman–Crippen MR) is 59.1 cm³/mol. The van der Waals surface area contributed by atoms with Crippen molar-refractivity contribution in [3.05, 3.63) is 41.4 Å². The molecule has 0 aliphatic heterocycles. The van der Waals surface area contributed by atoms with Crippen LogP contribution in [0, 0.1) is 0 Å². The lowest BCUT2D eigenvalue weighted by molar-refractivity contribution is 0.788. The summed E-state index contributed by atoms with van der Waals surface area (Å²) in [6, 6.07) is 5.73. The fourth-order valence-corrected chi connectivity index (χ4v) is 1.59. The Morgan fingerprint density at radius 3 is 3.00 bits per heavy atom. The number of rotatable bonds is 3. The van der Waals surface area contributed by atoms with E-state index in [0.717, 1.165) is 17.8 Å². The van der Waals surface area contributed by atoms with Gasteiger partial charge in [0.1, 0.15) is 12.7 Å². The minimum Gasteiger partial charge on any atom is -0.316 e. The van der Waals surface area contributed by atoms with Gasteiger partial charge >= 0.3 is 0 Å². The molecule has 0 saturated heterocycles. The van der Waals surface area contributed by atoms with Crippen LogP contribution >= 0.6 is 11.6 Å². The van der Waals surface area contributed by atoms with E-state index in [-0.39, 0.29) is 0 Å². The van der Waals surface area contributed by atoms with E-state index in [0.29, 0.717) is 5.02 Å². The lowest BCUT2D eigenvalue weighted by Crippen LogP contribution is -2.09. The average Bonchev–Trinajstić information content (AvgIpc) is 2.74. The number of benzene rings is 1. The molecule has 1 heterocycles. The van der Waals surface area contributed by atoms with Crippen molar-refractivity contribution < 1.29 is 0 Å². The molecule has 2 rings (SSSR count). The Kier molecular flexibility index (Phi) is 2.99. The minimum atomic E-state index is 0.695. The van der Waals surface area contributed by atoms with Crippen molar-refractivity contribution >= 4 is 11.6 Å². The van der Waals surface area contributed by atoms with Crippen molar-refractivity contribution in [1.82, 2.24) is 20.1 Å². The first-order valence-electron chi connectivity index (χ1n) is 4.59. The highest BCUT2D eigenvalue weighted by Gasteiger charge is 2.05. The molecule has 0 spiro atoms. The first-order chi connectivity index (χ1) is 7.31. The number of halogens is 1. The Balaban J connectivity index is 2.47. The second kappa shape index (κ2) is 4.42. The predicted octanol–water partition coefficient (Wildman–Crippen LogP) is 1.64. The summed E-state index contributed by atoms with van der Waals surface area (Å²) in [6.07, 6.45) is 3.16. The van der Waals surface area contributed by atoms with E-state index in [1.807, 2.05) is 25.2 Å². The fourth-order valence-electron chi connectivity index (χ4n) is 1.42. The van der Waals surface area contributed by atoms with E-state index in [4.69, 9.17) is 11.6 Å². The summed E-state index contributed by atoms with van der Waals surface area (Å²) in [7, 11) is 1.90. The topological polar surface area (TPSA) is 42.7 Å². The molecule has 1 N–H and O–H groups in total. The molecule has 0 fully saturated rings.